The zero-order valence-electron chi connectivity index (χ0n) is 16.2. The first-order valence-electron chi connectivity index (χ1n) is 9.05. The average molecular weight is 363 g/mol. The number of nitrogens with zero attached hydrogens (tertiary/aromatic N) is 2. The monoisotopic (exact) mass is 363 g/mol. The van der Waals surface area contributed by atoms with Crippen molar-refractivity contribution in [1.29, 1.82) is 0 Å². The van der Waals surface area contributed by atoms with E-state index in [1.54, 1.807) is 17.3 Å². The average Bonchev–Trinajstić information content (AvgIpc) is 2.62. The number of H-pyrrole nitrogens is 1. The first-order chi connectivity index (χ1) is 12.8. The smallest absolute Gasteiger partial charge is 0.253 e. The van der Waals surface area contributed by atoms with Gasteiger partial charge in [-0.3, -0.25) is 14.6 Å². The third-order valence-electron chi connectivity index (χ3n) is 4.55. The van der Waals surface area contributed by atoms with Gasteiger partial charge < -0.3 is 9.88 Å². The van der Waals surface area contributed by atoms with E-state index in [-0.39, 0.29) is 18.0 Å². The van der Waals surface area contributed by atoms with Crippen LogP contribution in [0.5, 0.6) is 0 Å². The summed E-state index contributed by atoms with van der Waals surface area (Å²) in [5, 5.41) is 0.967. The predicted octanol–water partition coefficient (Wildman–Crippen LogP) is 3.81. The number of aromatic amines is 1. The van der Waals surface area contributed by atoms with Gasteiger partial charge in [-0.25, -0.2) is 0 Å². The number of rotatable bonds is 4. The van der Waals surface area contributed by atoms with Crippen LogP contribution in [0.1, 0.15) is 37.5 Å². The van der Waals surface area contributed by atoms with Crippen LogP contribution in [0.2, 0.25) is 0 Å². The maximum Gasteiger partial charge on any atom is 0.253 e. The molecule has 5 nitrogen and oxygen atoms in total. The molecule has 0 fully saturated rings. The van der Waals surface area contributed by atoms with E-state index in [9.17, 15) is 9.59 Å². The quantitative estimate of drug-likeness (QED) is 0.766. The molecule has 0 spiro atoms. The Bertz CT molecular complexity index is 1020. The summed E-state index contributed by atoms with van der Waals surface area (Å²) in [6.45, 7) is 8.30. The van der Waals surface area contributed by atoms with E-state index in [4.69, 9.17) is 0 Å². The summed E-state index contributed by atoms with van der Waals surface area (Å²) in [4.78, 5) is 34.5. The molecule has 0 aliphatic heterocycles. The van der Waals surface area contributed by atoms with Crippen LogP contribution in [-0.2, 0) is 17.9 Å². The summed E-state index contributed by atoms with van der Waals surface area (Å²) >= 11 is 0. The standard InChI is InChI=1S/C22H25N3O2/c1-15-7-5-9-17-11-18(20(26)24-19(15)17)14-25(21(27)22(2,3)4)13-16-8-6-10-23-12-16/h5-12H,13-14H2,1-4H3,(H,24,26). The first kappa shape index (κ1) is 18.8. The molecule has 0 aliphatic carbocycles. The summed E-state index contributed by atoms with van der Waals surface area (Å²) in [5.74, 6) is -0.00454. The number of carbonyl (C=O) groups is 1. The molecular formula is C22H25N3O2. The number of nitrogens with one attached hydrogen (secondary N) is 1. The van der Waals surface area contributed by atoms with Crippen molar-refractivity contribution >= 4 is 16.8 Å². The van der Waals surface area contributed by atoms with Crippen LogP contribution in [-0.4, -0.2) is 20.8 Å². The largest absolute Gasteiger partial charge is 0.333 e. The zero-order chi connectivity index (χ0) is 19.6. The molecule has 0 bridgehead atoms. The van der Waals surface area contributed by atoms with E-state index in [1.807, 2.05) is 64.1 Å². The van der Waals surface area contributed by atoms with Gasteiger partial charge in [0.15, 0.2) is 0 Å². The topological polar surface area (TPSA) is 66.1 Å². The molecule has 0 atom stereocenters. The van der Waals surface area contributed by atoms with E-state index in [0.29, 0.717) is 12.1 Å². The maximum atomic E-state index is 13.0. The molecule has 3 aromatic rings. The van der Waals surface area contributed by atoms with Crippen LogP contribution in [0.25, 0.3) is 10.9 Å². The van der Waals surface area contributed by atoms with Gasteiger partial charge in [0, 0.05) is 29.9 Å². The molecule has 0 saturated heterocycles. The van der Waals surface area contributed by atoms with Crippen LogP contribution in [0.15, 0.2) is 53.6 Å². The predicted molar refractivity (Wildman–Crippen MR) is 107 cm³/mol. The van der Waals surface area contributed by atoms with E-state index < -0.39 is 5.41 Å². The Morgan fingerprint density at radius 2 is 1.93 bits per heavy atom. The molecule has 27 heavy (non-hydrogen) atoms. The molecule has 0 radical (unpaired) electrons. The van der Waals surface area contributed by atoms with E-state index in [0.717, 1.165) is 22.0 Å². The summed E-state index contributed by atoms with van der Waals surface area (Å²) in [6.07, 6.45) is 3.45. The Hall–Kier alpha value is -2.95. The normalized spacial score (nSPS) is 11.6. The van der Waals surface area contributed by atoms with Crippen molar-refractivity contribution in [3.63, 3.8) is 0 Å². The Kier molecular flexibility index (Phi) is 5.13. The highest BCUT2D eigenvalue weighted by molar-refractivity contribution is 5.83. The van der Waals surface area contributed by atoms with Crippen molar-refractivity contribution in [2.45, 2.75) is 40.8 Å². The van der Waals surface area contributed by atoms with Crippen LogP contribution in [0.4, 0.5) is 0 Å². The fraction of sp³-hybridized carbons (Fsp3) is 0.318. The van der Waals surface area contributed by atoms with Gasteiger partial charge in [0.2, 0.25) is 5.91 Å². The van der Waals surface area contributed by atoms with Crippen molar-refractivity contribution in [2.24, 2.45) is 5.41 Å². The molecule has 2 aromatic heterocycles. The van der Waals surface area contributed by atoms with Gasteiger partial charge in [0.1, 0.15) is 0 Å². The fourth-order valence-corrected chi connectivity index (χ4v) is 3.14. The molecule has 0 saturated carbocycles. The molecular weight excluding hydrogens is 338 g/mol. The zero-order valence-corrected chi connectivity index (χ0v) is 16.2. The first-order valence-corrected chi connectivity index (χ1v) is 9.05. The number of para-hydroxylation sites is 1. The van der Waals surface area contributed by atoms with Gasteiger partial charge >= 0.3 is 0 Å². The number of carbonyl (C=O) groups excluding carboxylic acids is 1. The molecule has 1 amide bonds. The molecule has 2 heterocycles. The summed E-state index contributed by atoms with van der Waals surface area (Å²) in [5.41, 5.74) is 2.68. The second kappa shape index (κ2) is 7.35. The lowest BCUT2D eigenvalue weighted by atomic mass is 9.94. The molecule has 140 valence electrons. The fourth-order valence-electron chi connectivity index (χ4n) is 3.14. The van der Waals surface area contributed by atoms with Gasteiger partial charge in [-0.15, -0.1) is 0 Å². The van der Waals surface area contributed by atoms with Crippen LogP contribution in [0, 0.1) is 12.3 Å². The molecule has 0 unspecified atom stereocenters. The molecule has 1 aromatic carbocycles. The van der Waals surface area contributed by atoms with Gasteiger partial charge in [-0.1, -0.05) is 45.0 Å². The Morgan fingerprint density at radius 3 is 2.59 bits per heavy atom. The number of pyridine rings is 2. The molecule has 1 N–H and O–H groups in total. The van der Waals surface area contributed by atoms with E-state index >= 15 is 0 Å². The lowest BCUT2D eigenvalue weighted by Gasteiger charge is -2.29. The third-order valence-corrected chi connectivity index (χ3v) is 4.55. The highest BCUT2D eigenvalue weighted by atomic mass is 16.2. The minimum atomic E-state index is -0.539. The van der Waals surface area contributed by atoms with Crippen molar-refractivity contribution in [3.05, 3.63) is 75.8 Å². The number of hydrogen-bond donors (Lipinski definition) is 1. The lowest BCUT2D eigenvalue weighted by molar-refractivity contribution is -0.140. The molecule has 5 heteroatoms. The van der Waals surface area contributed by atoms with Crippen LogP contribution in [0.3, 0.4) is 0 Å². The van der Waals surface area contributed by atoms with Gasteiger partial charge in [-0.05, 0) is 35.6 Å². The summed E-state index contributed by atoms with van der Waals surface area (Å²) in [6, 6.07) is 11.6. The summed E-state index contributed by atoms with van der Waals surface area (Å²) in [7, 11) is 0. The minimum Gasteiger partial charge on any atom is -0.333 e. The Morgan fingerprint density at radius 1 is 1.15 bits per heavy atom. The van der Waals surface area contributed by atoms with Crippen molar-refractivity contribution in [2.75, 3.05) is 0 Å². The van der Waals surface area contributed by atoms with E-state index in [2.05, 4.69) is 9.97 Å². The van der Waals surface area contributed by atoms with Crippen molar-refractivity contribution in [1.82, 2.24) is 14.9 Å². The molecule has 3 rings (SSSR count). The van der Waals surface area contributed by atoms with Gasteiger partial charge in [0.25, 0.3) is 5.56 Å². The number of benzene rings is 1. The van der Waals surface area contributed by atoms with Crippen molar-refractivity contribution < 1.29 is 4.79 Å². The second-order valence-corrected chi connectivity index (χ2v) is 7.94. The maximum absolute atomic E-state index is 13.0. The number of fused-ring (bicyclic) bond motifs is 1. The highest BCUT2D eigenvalue weighted by Gasteiger charge is 2.28. The number of aromatic nitrogens is 2. The third kappa shape index (κ3) is 4.25. The SMILES string of the molecule is Cc1cccc2cc(CN(Cc3cccnc3)C(=O)C(C)(C)C)c(=O)[nH]c12. The lowest BCUT2D eigenvalue weighted by Crippen LogP contribution is -2.39. The second-order valence-electron chi connectivity index (χ2n) is 7.94. The van der Waals surface area contributed by atoms with Gasteiger partial charge in [-0.2, -0.15) is 0 Å². The number of aryl methyl sites for hydroxylation is 1. The van der Waals surface area contributed by atoms with Crippen molar-refractivity contribution in [3.8, 4) is 0 Å². The van der Waals surface area contributed by atoms with E-state index in [1.165, 1.54) is 0 Å². The highest BCUT2D eigenvalue weighted by Crippen LogP contribution is 2.22. The minimum absolute atomic E-state index is 0.00454. The Labute approximate surface area is 159 Å². The van der Waals surface area contributed by atoms with Gasteiger partial charge in [0.05, 0.1) is 12.1 Å². The van der Waals surface area contributed by atoms with Crippen LogP contribution < -0.4 is 5.56 Å². The number of hydrogen-bond acceptors (Lipinski definition) is 3. The molecule has 0 aliphatic rings. The number of amides is 1. The Balaban J connectivity index is 1.98. The summed E-state index contributed by atoms with van der Waals surface area (Å²) < 4.78 is 0. The van der Waals surface area contributed by atoms with Crippen LogP contribution >= 0.6 is 0 Å².